The second-order valence-electron chi connectivity index (χ2n) is 5.46. The highest BCUT2D eigenvalue weighted by Crippen LogP contribution is 2.36. The van der Waals surface area contributed by atoms with Crippen molar-refractivity contribution in [2.75, 3.05) is 19.0 Å². The van der Waals surface area contributed by atoms with E-state index in [0.717, 1.165) is 12.1 Å². The van der Waals surface area contributed by atoms with E-state index in [2.05, 4.69) is 15.0 Å². The summed E-state index contributed by atoms with van der Waals surface area (Å²) in [7, 11) is 1.21. The summed E-state index contributed by atoms with van der Waals surface area (Å²) in [6.45, 7) is 0.845. The number of carbonyl (C=O) groups excluding carboxylic acids is 3. The number of anilines is 1. The van der Waals surface area contributed by atoms with Crippen LogP contribution in [-0.2, 0) is 19.1 Å². The van der Waals surface area contributed by atoms with Gasteiger partial charge in [-0.2, -0.15) is 0 Å². The van der Waals surface area contributed by atoms with Crippen molar-refractivity contribution in [1.82, 2.24) is 4.98 Å². The highest BCUT2D eigenvalue weighted by molar-refractivity contribution is 6.32. The Morgan fingerprint density at radius 3 is 2.68 bits per heavy atom. The summed E-state index contributed by atoms with van der Waals surface area (Å²) < 4.78 is 29.4. The van der Waals surface area contributed by atoms with Crippen molar-refractivity contribution >= 4 is 34.9 Å². The molecule has 1 N–H and O–H groups in total. The molecule has 0 aliphatic rings. The Bertz CT molecular complexity index is 906. The largest absolute Gasteiger partial charge is 0.466 e. The molecule has 0 radical (unpaired) electrons. The molecule has 0 spiro atoms. The van der Waals surface area contributed by atoms with E-state index in [4.69, 9.17) is 21.1 Å². The third-order valence-corrected chi connectivity index (χ3v) is 3.51. The van der Waals surface area contributed by atoms with E-state index in [9.17, 15) is 18.8 Å². The van der Waals surface area contributed by atoms with Gasteiger partial charge in [0.1, 0.15) is 17.3 Å². The number of hydrogen-bond acceptors (Lipinski definition) is 7. The lowest BCUT2D eigenvalue weighted by Gasteiger charge is -2.13. The quantitative estimate of drug-likeness (QED) is 0.526. The van der Waals surface area contributed by atoms with Crippen LogP contribution in [0.5, 0.6) is 17.4 Å². The van der Waals surface area contributed by atoms with Gasteiger partial charge in [-0.1, -0.05) is 11.6 Å². The Balaban J connectivity index is 2.24. The Morgan fingerprint density at radius 2 is 2.00 bits per heavy atom. The second-order valence-corrected chi connectivity index (χ2v) is 5.87. The van der Waals surface area contributed by atoms with Gasteiger partial charge >= 0.3 is 5.97 Å². The second kappa shape index (κ2) is 9.65. The number of ketones is 1. The molecular weight excluding hydrogens is 395 g/mol. The van der Waals surface area contributed by atoms with Gasteiger partial charge in [-0.25, -0.2) is 14.2 Å². The zero-order valence-electron chi connectivity index (χ0n) is 15.0. The number of Topliss-reactive ketones (excluding diaryl/α,β-unsaturated/α-hetero) is 1. The number of carbonyl (C=O) groups is 3. The van der Waals surface area contributed by atoms with Crippen molar-refractivity contribution in [2.24, 2.45) is 0 Å². The summed E-state index contributed by atoms with van der Waals surface area (Å²) in [4.78, 5) is 37.9. The molecule has 0 bridgehead atoms. The molecule has 148 valence electrons. The molecule has 0 aliphatic carbocycles. The SMILES string of the molecule is COC(=O)COc1ncccc1Oc1cc(NC(=O)CC(C)=O)c(F)cc1Cl. The predicted octanol–water partition coefficient (Wildman–Crippen LogP) is 3.14. The zero-order valence-corrected chi connectivity index (χ0v) is 15.7. The minimum atomic E-state index is -0.803. The maximum absolute atomic E-state index is 14.1. The van der Waals surface area contributed by atoms with Crippen LogP contribution in [-0.4, -0.2) is 36.4 Å². The smallest absolute Gasteiger partial charge is 0.343 e. The van der Waals surface area contributed by atoms with Gasteiger partial charge < -0.3 is 19.5 Å². The molecule has 0 aliphatic heterocycles. The van der Waals surface area contributed by atoms with E-state index in [0.29, 0.717) is 0 Å². The van der Waals surface area contributed by atoms with Gasteiger partial charge in [0.2, 0.25) is 5.91 Å². The average Bonchev–Trinajstić information content (AvgIpc) is 2.63. The minimum absolute atomic E-state index is 0.00268. The lowest BCUT2D eigenvalue weighted by atomic mass is 10.2. The Labute approximate surface area is 164 Å². The van der Waals surface area contributed by atoms with Gasteiger partial charge in [0, 0.05) is 12.3 Å². The molecule has 1 aromatic heterocycles. The molecule has 0 atom stereocenters. The van der Waals surface area contributed by atoms with E-state index in [1.807, 2.05) is 0 Å². The summed E-state index contributed by atoms with van der Waals surface area (Å²) >= 11 is 6.01. The number of hydrogen-bond donors (Lipinski definition) is 1. The molecular formula is C18H16ClFN2O6. The van der Waals surface area contributed by atoms with Crippen LogP contribution in [0.3, 0.4) is 0 Å². The number of benzene rings is 1. The van der Waals surface area contributed by atoms with E-state index in [-0.39, 0.29) is 33.9 Å². The molecule has 0 fully saturated rings. The molecule has 0 unspecified atom stereocenters. The van der Waals surface area contributed by atoms with Crippen LogP contribution in [0.2, 0.25) is 5.02 Å². The van der Waals surface area contributed by atoms with Gasteiger partial charge in [-0.3, -0.25) is 9.59 Å². The predicted molar refractivity (Wildman–Crippen MR) is 97.2 cm³/mol. The Kier molecular flexibility index (Phi) is 7.28. The number of rotatable bonds is 8. The van der Waals surface area contributed by atoms with Crippen LogP contribution in [0.25, 0.3) is 0 Å². The van der Waals surface area contributed by atoms with Crippen molar-refractivity contribution in [2.45, 2.75) is 13.3 Å². The highest BCUT2D eigenvalue weighted by atomic mass is 35.5. The number of halogens is 2. The maximum atomic E-state index is 14.1. The zero-order chi connectivity index (χ0) is 20.7. The summed E-state index contributed by atoms with van der Waals surface area (Å²) in [5, 5.41) is 2.20. The first-order valence-electron chi connectivity index (χ1n) is 7.91. The van der Waals surface area contributed by atoms with Gasteiger partial charge in [-0.05, 0) is 25.1 Å². The third-order valence-electron chi connectivity index (χ3n) is 3.22. The summed E-state index contributed by atoms with van der Waals surface area (Å²) in [5.41, 5.74) is -0.216. The van der Waals surface area contributed by atoms with Crippen LogP contribution in [0.1, 0.15) is 13.3 Å². The van der Waals surface area contributed by atoms with Gasteiger partial charge in [0.15, 0.2) is 12.4 Å². The fourth-order valence-corrected chi connectivity index (χ4v) is 2.18. The topological polar surface area (TPSA) is 104 Å². The normalized spacial score (nSPS) is 10.1. The van der Waals surface area contributed by atoms with Crippen LogP contribution >= 0.6 is 11.6 Å². The number of nitrogens with one attached hydrogen (secondary N) is 1. The Hall–Kier alpha value is -3.20. The summed E-state index contributed by atoms with van der Waals surface area (Å²) in [6.07, 6.45) is 1.02. The number of aromatic nitrogens is 1. The van der Waals surface area contributed by atoms with Crippen LogP contribution < -0.4 is 14.8 Å². The molecule has 28 heavy (non-hydrogen) atoms. The highest BCUT2D eigenvalue weighted by Gasteiger charge is 2.16. The van der Waals surface area contributed by atoms with Crippen molar-refractivity contribution in [3.8, 4) is 17.4 Å². The van der Waals surface area contributed by atoms with Gasteiger partial charge in [0.25, 0.3) is 5.88 Å². The minimum Gasteiger partial charge on any atom is -0.466 e. The summed E-state index contributed by atoms with van der Waals surface area (Å²) in [6, 6.07) is 5.15. The first-order valence-corrected chi connectivity index (χ1v) is 8.28. The number of nitrogens with zero attached hydrogens (tertiary/aromatic N) is 1. The molecule has 0 saturated heterocycles. The number of pyridine rings is 1. The number of amides is 1. The fraction of sp³-hybridized carbons (Fsp3) is 0.222. The van der Waals surface area contributed by atoms with Crippen molar-refractivity contribution < 1.29 is 33.0 Å². The Morgan fingerprint density at radius 1 is 1.25 bits per heavy atom. The molecule has 8 nitrogen and oxygen atoms in total. The first kappa shape index (κ1) is 21.1. The van der Waals surface area contributed by atoms with Crippen molar-refractivity contribution in [3.63, 3.8) is 0 Å². The van der Waals surface area contributed by atoms with Crippen LogP contribution in [0.4, 0.5) is 10.1 Å². The van der Waals surface area contributed by atoms with E-state index >= 15 is 0 Å². The molecule has 1 aromatic carbocycles. The standard InChI is InChI=1S/C18H16ClFN2O6/c1-10(23)6-16(24)22-13-8-15(11(19)7-12(13)20)28-14-4-3-5-21-18(14)27-9-17(25)26-2/h3-5,7-8H,6,9H2,1-2H3,(H,22,24). The van der Waals surface area contributed by atoms with Crippen LogP contribution in [0.15, 0.2) is 30.5 Å². The van der Waals surface area contributed by atoms with Gasteiger partial charge in [-0.15, -0.1) is 0 Å². The number of ether oxygens (including phenoxy) is 3. The van der Waals surface area contributed by atoms with Crippen molar-refractivity contribution in [1.29, 1.82) is 0 Å². The monoisotopic (exact) mass is 410 g/mol. The number of esters is 1. The van der Waals surface area contributed by atoms with Gasteiger partial charge in [0.05, 0.1) is 24.2 Å². The maximum Gasteiger partial charge on any atom is 0.343 e. The van der Waals surface area contributed by atoms with E-state index < -0.39 is 30.7 Å². The average molecular weight is 411 g/mol. The molecule has 1 heterocycles. The lowest BCUT2D eigenvalue weighted by Crippen LogP contribution is -2.15. The first-order chi connectivity index (χ1) is 13.3. The number of methoxy groups -OCH3 is 1. The fourth-order valence-electron chi connectivity index (χ4n) is 1.99. The summed E-state index contributed by atoms with van der Waals surface area (Å²) in [5.74, 6) is -2.39. The van der Waals surface area contributed by atoms with E-state index in [1.54, 1.807) is 6.07 Å². The molecule has 0 saturated carbocycles. The third kappa shape index (κ3) is 5.92. The lowest BCUT2D eigenvalue weighted by molar-refractivity contribution is -0.143. The molecule has 2 rings (SSSR count). The molecule has 1 amide bonds. The molecule has 2 aromatic rings. The van der Waals surface area contributed by atoms with Crippen molar-refractivity contribution in [3.05, 3.63) is 41.3 Å². The van der Waals surface area contributed by atoms with E-state index in [1.165, 1.54) is 26.3 Å². The molecule has 10 heteroatoms. The van der Waals surface area contributed by atoms with Crippen LogP contribution in [0, 0.1) is 5.82 Å².